The topological polar surface area (TPSA) is 49.3 Å². The van der Waals surface area contributed by atoms with E-state index in [1.54, 1.807) is 19.1 Å². The van der Waals surface area contributed by atoms with Crippen LogP contribution in [0.1, 0.15) is 12.5 Å². The summed E-state index contributed by atoms with van der Waals surface area (Å²) in [6.07, 6.45) is 0. The Kier molecular flexibility index (Phi) is 4.27. The molecule has 0 bridgehead atoms. The minimum absolute atomic E-state index is 0.359. The van der Waals surface area contributed by atoms with Crippen LogP contribution in [0.2, 0.25) is 0 Å². The highest BCUT2D eigenvalue weighted by Gasteiger charge is 2.35. The summed E-state index contributed by atoms with van der Waals surface area (Å²) in [6, 6.07) is 12.9. The Bertz CT molecular complexity index is 613. The minimum Gasteiger partial charge on any atom is -0.479 e. The van der Waals surface area contributed by atoms with E-state index in [0.717, 1.165) is 3.57 Å². The quantitative estimate of drug-likeness (QED) is 0.787. The third kappa shape index (κ3) is 3.09. The Morgan fingerprint density at radius 3 is 2.20 bits per heavy atom. The van der Waals surface area contributed by atoms with E-state index in [-0.39, 0.29) is 5.82 Å². The number of aliphatic carboxylic acids is 1. The summed E-state index contributed by atoms with van der Waals surface area (Å²) in [7, 11) is 0. The molecule has 1 unspecified atom stereocenters. The number of carbonyl (C=O) groups is 1. The summed E-state index contributed by atoms with van der Waals surface area (Å²) in [6.45, 7) is 1.58. The van der Waals surface area contributed by atoms with Gasteiger partial charge in [-0.3, -0.25) is 0 Å². The lowest BCUT2D eigenvalue weighted by atomic mass is 9.91. The lowest BCUT2D eigenvalue weighted by Crippen LogP contribution is -2.40. The molecule has 0 aliphatic carbocycles. The van der Waals surface area contributed by atoms with Crippen molar-refractivity contribution in [3.05, 3.63) is 63.5 Å². The van der Waals surface area contributed by atoms with E-state index in [4.69, 9.17) is 0 Å². The van der Waals surface area contributed by atoms with Crippen molar-refractivity contribution in [2.75, 3.05) is 5.32 Å². The van der Waals surface area contributed by atoms with Gasteiger partial charge >= 0.3 is 5.97 Å². The molecule has 0 aromatic heterocycles. The van der Waals surface area contributed by atoms with E-state index in [9.17, 15) is 14.3 Å². The molecular formula is C15H13FINO2. The van der Waals surface area contributed by atoms with Gasteiger partial charge in [-0.05, 0) is 71.5 Å². The Labute approximate surface area is 130 Å². The maximum absolute atomic E-state index is 12.9. The summed E-state index contributed by atoms with van der Waals surface area (Å²) < 4.78 is 13.9. The molecule has 20 heavy (non-hydrogen) atoms. The average molecular weight is 385 g/mol. The summed E-state index contributed by atoms with van der Waals surface area (Å²) in [4.78, 5) is 11.6. The molecule has 0 fully saturated rings. The normalized spacial score (nSPS) is 13.6. The fourth-order valence-corrected chi connectivity index (χ4v) is 2.21. The Morgan fingerprint density at radius 1 is 1.15 bits per heavy atom. The first-order chi connectivity index (χ1) is 9.41. The van der Waals surface area contributed by atoms with Gasteiger partial charge in [-0.1, -0.05) is 12.1 Å². The monoisotopic (exact) mass is 385 g/mol. The second-order valence-corrected chi connectivity index (χ2v) is 5.81. The van der Waals surface area contributed by atoms with Crippen molar-refractivity contribution < 1.29 is 14.3 Å². The number of nitrogens with one attached hydrogen (secondary N) is 1. The van der Waals surface area contributed by atoms with E-state index in [0.29, 0.717) is 11.3 Å². The lowest BCUT2D eigenvalue weighted by Gasteiger charge is -2.28. The van der Waals surface area contributed by atoms with Crippen LogP contribution in [-0.4, -0.2) is 11.1 Å². The van der Waals surface area contributed by atoms with Crippen molar-refractivity contribution in [2.45, 2.75) is 12.5 Å². The van der Waals surface area contributed by atoms with Crippen molar-refractivity contribution in [2.24, 2.45) is 0 Å². The molecule has 2 aromatic rings. The van der Waals surface area contributed by atoms with Crippen LogP contribution >= 0.6 is 22.6 Å². The molecule has 3 nitrogen and oxygen atoms in total. The SMILES string of the molecule is CC(Nc1ccc(F)cc1)(C(=O)O)c1ccc(I)cc1. The van der Waals surface area contributed by atoms with E-state index < -0.39 is 11.5 Å². The highest BCUT2D eigenvalue weighted by Crippen LogP contribution is 2.27. The highest BCUT2D eigenvalue weighted by atomic mass is 127. The molecule has 0 amide bonds. The lowest BCUT2D eigenvalue weighted by molar-refractivity contribution is -0.142. The van der Waals surface area contributed by atoms with Crippen molar-refractivity contribution in [3.63, 3.8) is 0 Å². The van der Waals surface area contributed by atoms with Gasteiger partial charge in [0.15, 0.2) is 5.54 Å². The van der Waals surface area contributed by atoms with E-state index in [2.05, 4.69) is 27.9 Å². The first-order valence-corrected chi connectivity index (χ1v) is 7.03. The third-order valence-electron chi connectivity index (χ3n) is 3.09. The Hall–Kier alpha value is -1.63. The summed E-state index contributed by atoms with van der Waals surface area (Å²) in [5.74, 6) is -1.36. The van der Waals surface area contributed by atoms with Crippen molar-refractivity contribution in [3.8, 4) is 0 Å². The molecule has 5 heteroatoms. The van der Waals surface area contributed by atoms with Gasteiger partial charge in [-0.25, -0.2) is 9.18 Å². The van der Waals surface area contributed by atoms with Crippen molar-refractivity contribution in [1.82, 2.24) is 0 Å². The van der Waals surface area contributed by atoms with Crippen LogP contribution in [0, 0.1) is 9.39 Å². The first kappa shape index (κ1) is 14.8. The number of anilines is 1. The number of rotatable bonds is 4. The molecule has 2 N–H and O–H groups in total. The number of benzene rings is 2. The first-order valence-electron chi connectivity index (χ1n) is 5.95. The smallest absolute Gasteiger partial charge is 0.333 e. The fraction of sp³-hybridized carbons (Fsp3) is 0.133. The second kappa shape index (κ2) is 5.78. The molecular weight excluding hydrogens is 372 g/mol. The maximum Gasteiger partial charge on any atom is 0.333 e. The van der Waals surface area contributed by atoms with Gasteiger partial charge in [-0.2, -0.15) is 0 Å². The Morgan fingerprint density at radius 2 is 1.70 bits per heavy atom. The molecule has 0 aliphatic rings. The van der Waals surface area contributed by atoms with E-state index >= 15 is 0 Å². The summed E-state index contributed by atoms with van der Waals surface area (Å²) >= 11 is 2.16. The zero-order chi connectivity index (χ0) is 14.8. The van der Waals surface area contributed by atoms with Crippen molar-refractivity contribution >= 4 is 34.2 Å². The van der Waals surface area contributed by atoms with Crippen LogP contribution in [0.5, 0.6) is 0 Å². The van der Waals surface area contributed by atoms with Crippen molar-refractivity contribution in [1.29, 1.82) is 0 Å². The van der Waals surface area contributed by atoms with Gasteiger partial charge in [0.2, 0.25) is 0 Å². The molecule has 0 aliphatic heterocycles. The molecule has 0 heterocycles. The van der Waals surface area contributed by atoms with Crippen LogP contribution in [-0.2, 0) is 10.3 Å². The van der Waals surface area contributed by atoms with Gasteiger partial charge in [0, 0.05) is 9.26 Å². The predicted octanol–water partition coefficient (Wildman–Crippen LogP) is 3.84. The van der Waals surface area contributed by atoms with Crippen LogP contribution in [0.15, 0.2) is 48.5 Å². The van der Waals surface area contributed by atoms with Gasteiger partial charge in [0.1, 0.15) is 5.82 Å². The van der Waals surface area contributed by atoms with Crippen LogP contribution in [0.3, 0.4) is 0 Å². The molecule has 0 radical (unpaired) electrons. The molecule has 1 atom stereocenters. The molecule has 0 saturated carbocycles. The maximum atomic E-state index is 12.9. The van der Waals surface area contributed by atoms with Crippen LogP contribution in [0.25, 0.3) is 0 Å². The number of halogens is 2. The average Bonchev–Trinajstić information content (AvgIpc) is 2.42. The summed E-state index contributed by atoms with van der Waals surface area (Å²) in [5.41, 5.74) is -0.0908. The largest absolute Gasteiger partial charge is 0.479 e. The standard InChI is InChI=1S/C15H13FINO2/c1-15(14(19)20,10-2-6-12(17)7-3-10)18-13-8-4-11(16)5-9-13/h2-9,18H,1H3,(H,19,20). The zero-order valence-electron chi connectivity index (χ0n) is 10.7. The highest BCUT2D eigenvalue weighted by molar-refractivity contribution is 14.1. The van der Waals surface area contributed by atoms with Gasteiger partial charge in [0.05, 0.1) is 0 Å². The van der Waals surface area contributed by atoms with E-state index in [1.165, 1.54) is 24.3 Å². The third-order valence-corrected chi connectivity index (χ3v) is 3.81. The minimum atomic E-state index is -1.28. The molecule has 0 spiro atoms. The molecule has 104 valence electrons. The predicted molar refractivity (Wildman–Crippen MR) is 84.2 cm³/mol. The fourth-order valence-electron chi connectivity index (χ4n) is 1.85. The molecule has 0 saturated heterocycles. The Balaban J connectivity index is 2.37. The number of hydrogen-bond donors (Lipinski definition) is 2. The molecule has 2 rings (SSSR count). The van der Waals surface area contributed by atoms with E-state index in [1.807, 2.05) is 12.1 Å². The van der Waals surface area contributed by atoms with Crippen LogP contribution < -0.4 is 5.32 Å². The zero-order valence-corrected chi connectivity index (χ0v) is 12.9. The van der Waals surface area contributed by atoms with Gasteiger partial charge < -0.3 is 10.4 Å². The summed E-state index contributed by atoms with van der Waals surface area (Å²) in [5, 5.41) is 12.5. The number of hydrogen-bond acceptors (Lipinski definition) is 2. The number of carboxylic acid groups (broad SMARTS) is 1. The van der Waals surface area contributed by atoms with Gasteiger partial charge in [-0.15, -0.1) is 0 Å². The van der Waals surface area contributed by atoms with Crippen LogP contribution in [0.4, 0.5) is 10.1 Å². The second-order valence-electron chi connectivity index (χ2n) is 4.57. The molecule has 2 aromatic carbocycles. The number of carboxylic acids is 1. The van der Waals surface area contributed by atoms with Gasteiger partial charge in [0.25, 0.3) is 0 Å².